The van der Waals surface area contributed by atoms with Gasteiger partial charge in [0.2, 0.25) is 11.8 Å². The van der Waals surface area contributed by atoms with Gasteiger partial charge >= 0.3 is 0 Å². The molecule has 3 aromatic rings. The van der Waals surface area contributed by atoms with Crippen LogP contribution >= 0.6 is 0 Å². The Balaban J connectivity index is 1.63. The molecule has 1 atom stereocenters. The van der Waals surface area contributed by atoms with E-state index in [0.29, 0.717) is 44.5 Å². The van der Waals surface area contributed by atoms with Crippen LogP contribution in [0.5, 0.6) is 5.75 Å². The molecule has 0 aliphatic carbocycles. The van der Waals surface area contributed by atoms with Crippen LogP contribution in [0.2, 0.25) is 0 Å². The second-order valence-corrected chi connectivity index (χ2v) is 9.93. The zero-order valence-electron chi connectivity index (χ0n) is 22.5. The Morgan fingerprint density at radius 1 is 1.11 bits per heavy atom. The lowest BCUT2D eigenvalue weighted by Gasteiger charge is -2.34. The molecule has 204 valence electrons. The van der Waals surface area contributed by atoms with Crippen LogP contribution in [0.25, 0.3) is 11.0 Å². The molecule has 0 saturated carbocycles. The minimum absolute atomic E-state index is 0.0183. The Bertz CT molecular complexity index is 1190. The highest BCUT2D eigenvalue weighted by atomic mass is 16.5. The van der Waals surface area contributed by atoms with Crippen LogP contribution in [0.1, 0.15) is 31.9 Å². The largest absolute Gasteiger partial charge is 0.497 e. The van der Waals surface area contributed by atoms with Crippen molar-refractivity contribution in [2.45, 2.75) is 32.9 Å². The molecule has 10 nitrogen and oxygen atoms in total. The van der Waals surface area contributed by atoms with Crippen LogP contribution in [0.3, 0.4) is 0 Å². The molecule has 0 spiro atoms. The van der Waals surface area contributed by atoms with Gasteiger partial charge in [-0.15, -0.1) is 5.10 Å². The number of carbonyl (C=O) groups is 2. The molecular formula is C28H38N6O4. The van der Waals surface area contributed by atoms with Gasteiger partial charge in [0.15, 0.2) is 0 Å². The molecule has 10 heteroatoms. The molecule has 1 saturated heterocycles. The summed E-state index contributed by atoms with van der Waals surface area (Å²) in [7, 11) is 1.60. The molecule has 1 aromatic heterocycles. The second kappa shape index (κ2) is 13.3. The summed E-state index contributed by atoms with van der Waals surface area (Å²) in [5.41, 5.74) is 2.22. The zero-order chi connectivity index (χ0) is 26.9. The first-order valence-corrected chi connectivity index (χ1v) is 13.3. The van der Waals surface area contributed by atoms with E-state index in [1.54, 1.807) is 16.7 Å². The van der Waals surface area contributed by atoms with E-state index < -0.39 is 6.04 Å². The average Bonchev–Trinajstić information content (AvgIpc) is 3.34. The number of amides is 2. The average molecular weight is 523 g/mol. The molecule has 1 aliphatic rings. The molecule has 1 fully saturated rings. The SMILES string of the molecule is COc1ccc([C@H](C(=O)NCCC(C)C)N(CCN2CCOCC2)C(=O)Cn2nnc3ccccc32)cc1. The first-order valence-electron chi connectivity index (χ1n) is 13.3. The Morgan fingerprint density at radius 3 is 2.55 bits per heavy atom. The highest BCUT2D eigenvalue weighted by molar-refractivity contribution is 5.89. The van der Waals surface area contributed by atoms with Crippen LogP contribution < -0.4 is 10.1 Å². The number of methoxy groups -OCH3 is 1. The van der Waals surface area contributed by atoms with Gasteiger partial charge in [0.1, 0.15) is 23.9 Å². The van der Waals surface area contributed by atoms with Crippen LogP contribution in [-0.4, -0.2) is 89.7 Å². The summed E-state index contributed by atoms with van der Waals surface area (Å²) in [6, 6.07) is 14.1. The number of hydrogen-bond acceptors (Lipinski definition) is 7. The van der Waals surface area contributed by atoms with Gasteiger partial charge in [-0.25, -0.2) is 4.68 Å². The third-order valence-corrected chi connectivity index (χ3v) is 6.80. The fourth-order valence-corrected chi connectivity index (χ4v) is 4.56. The van der Waals surface area contributed by atoms with Gasteiger partial charge in [0.05, 0.1) is 25.8 Å². The van der Waals surface area contributed by atoms with Crippen molar-refractivity contribution in [3.05, 3.63) is 54.1 Å². The van der Waals surface area contributed by atoms with Gasteiger partial charge in [-0.1, -0.05) is 43.3 Å². The number of benzene rings is 2. The number of fused-ring (bicyclic) bond motifs is 1. The Hall–Kier alpha value is -3.50. The number of aromatic nitrogens is 3. The van der Waals surface area contributed by atoms with Gasteiger partial charge in [0.25, 0.3) is 0 Å². The van der Waals surface area contributed by atoms with Gasteiger partial charge < -0.3 is 19.7 Å². The van der Waals surface area contributed by atoms with E-state index in [-0.39, 0.29) is 18.4 Å². The smallest absolute Gasteiger partial charge is 0.247 e. The number of morpholine rings is 1. The van der Waals surface area contributed by atoms with E-state index in [1.807, 2.05) is 48.5 Å². The summed E-state index contributed by atoms with van der Waals surface area (Å²) in [6.45, 7) is 8.71. The minimum Gasteiger partial charge on any atom is -0.497 e. The minimum atomic E-state index is -0.795. The fraction of sp³-hybridized carbons (Fsp3) is 0.500. The molecule has 0 unspecified atom stereocenters. The molecule has 1 N–H and O–H groups in total. The Morgan fingerprint density at radius 2 is 1.84 bits per heavy atom. The lowest BCUT2D eigenvalue weighted by molar-refractivity contribution is -0.142. The lowest BCUT2D eigenvalue weighted by atomic mass is 10.0. The summed E-state index contributed by atoms with van der Waals surface area (Å²) in [4.78, 5) is 31.6. The number of nitrogens with one attached hydrogen (secondary N) is 1. The van der Waals surface area contributed by atoms with E-state index >= 15 is 0 Å². The molecule has 2 amide bonds. The molecule has 1 aliphatic heterocycles. The predicted octanol–water partition coefficient (Wildman–Crippen LogP) is 2.50. The molecule has 0 bridgehead atoms. The first kappa shape index (κ1) is 27.5. The summed E-state index contributed by atoms with van der Waals surface area (Å²) in [5.74, 6) is 0.741. The van der Waals surface area contributed by atoms with Crippen molar-refractivity contribution in [1.82, 2.24) is 30.1 Å². The molecule has 4 rings (SSSR count). The second-order valence-electron chi connectivity index (χ2n) is 9.93. The van der Waals surface area contributed by atoms with Gasteiger partial charge in [-0.3, -0.25) is 14.5 Å². The van der Waals surface area contributed by atoms with Crippen molar-refractivity contribution in [2.24, 2.45) is 5.92 Å². The molecular weight excluding hydrogens is 484 g/mol. The van der Waals surface area contributed by atoms with Crippen molar-refractivity contribution in [3.8, 4) is 5.75 Å². The van der Waals surface area contributed by atoms with Gasteiger partial charge in [-0.2, -0.15) is 0 Å². The van der Waals surface area contributed by atoms with E-state index in [2.05, 4.69) is 34.4 Å². The van der Waals surface area contributed by atoms with E-state index in [0.717, 1.165) is 36.1 Å². The zero-order valence-corrected chi connectivity index (χ0v) is 22.5. The van der Waals surface area contributed by atoms with Crippen LogP contribution in [0.4, 0.5) is 0 Å². The summed E-state index contributed by atoms with van der Waals surface area (Å²) < 4.78 is 12.4. The normalized spacial score (nSPS) is 14.9. The molecule has 0 radical (unpaired) electrons. The number of rotatable bonds is 12. The highest BCUT2D eigenvalue weighted by Gasteiger charge is 2.32. The molecule has 38 heavy (non-hydrogen) atoms. The molecule has 2 aromatic carbocycles. The van der Waals surface area contributed by atoms with Gasteiger partial charge in [0, 0.05) is 32.7 Å². The number of ether oxygens (including phenoxy) is 2. The quantitative estimate of drug-likeness (QED) is 0.390. The number of hydrogen-bond donors (Lipinski definition) is 1. The third-order valence-electron chi connectivity index (χ3n) is 6.80. The van der Waals surface area contributed by atoms with Crippen molar-refractivity contribution >= 4 is 22.8 Å². The van der Waals surface area contributed by atoms with E-state index in [9.17, 15) is 9.59 Å². The molecule has 2 heterocycles. The lowest BCUT2D eigenvalue weighted by Crippen LogP contribution is -2.49. The number of nitrogens with zero attached hydrogens (tertiary/aromatic N) is 5. The number of para-hydroxylation sites is 1. The Labute approximate surface area is 223 Å². The predicted molar refractivity (Wildman–Crippen MR) is 145 cm³/mol. The van der Waals surface area contributed by atoms with Crippen LogP contribution in [-0.2, 0) is 20.9 Å². The van der Waals surface area contributed by atoms with Crippen molar-refractivity contribution in [1.29, 1.82) is 0 Å². The van der Waals surface area contributed by atoms with Crippen molar-refractivity contribution in [2.75, 3.05) is 53.0 Å². The van der Waals surface area contributed by atoms with E-state index in [1.165, 1.54) is 0 Å². The summed E-state index contributed by atoms with van der Waals surface area (Å²) in [6.07, 6.45) is 0.855. The van der Waals surface area contributed by atoms with Gasteiger partial charge in [-0.05, 0) is 42.2 Å². The highest BCUT2D eigenvalue weighted by Crippen LogP contribution is 2.25. The van der Waals surface area contributed by atoms with Crippen LogP contribution in [0.15, 0.2) is 48.5 Å². The first-order chi connectivity index (χ1) is 18.5. The maximum Gasteiger partial charge on any atom is 0.247 e. The monoisotopic (exact) mass is 522 g/mol. The fourth-order valence-electron chi connectivity index (χ4n) is 4.56. The van der Waals surface area contributed by atoms with E-state index in [4.69, 9.17) is 9.47 Å². The number of carbonyl (C=O) groups excluding carboxylic acids is 2. The summed E-state index contributed by atoms with van der Waals surface area (Å²) in [5, 5.41) is 11.5. The maximum atomic E-state index is 13.9. The van der Waals surface area contributed by atoms with Crippen molar-refractivity contribution < 1.29 is 19.1 Å². The van der Waals surface area contributed by atoms with Crippen LogP contribution in [0, 0.1) is 5.92 Å². The topological polar surface area (TPSA) is 102 Å². The third kappa shape index (κ3) is 7.08. The van der Waals surface area contributed by atoms with Crippen molar-refractivity contribution in [3.63, 3.8) is 0 Å². The standard InChI is InChI=1S/C28H38N6O4/c1-21(2)12-13-29-28(36)27(22-8-10-23(37-3)11-9-22)33(15-14-32-16-18-38-19-17-32)26(35)20-34-25-7-5-4-6-24(25)30-31-34/h4-11,21,27H,12-20H2,1-3H3,(H,29,36)/t27-/m1/s1. The maximum absolute atomic E-state index is 13.9. The Kier molecular flexibility index (Phi) is 9.67. The summed E-state index contributed by atoms with van der Waals surface area (Å²) >= 11 is 0.